The maximum atomic E-state index is 13.5. The summed E-state index contributed by atoms with van der Waals surface area (Å²) >= 11 is 7.55. The molecule has 2 N–H and O–H groups in total. The fourth-order valence-corrected chi connectivity index (χ4v) is 4.68. The van der Waals surface area contributed by atoms with Crippen LogP contribution < -0.4 is 5.32 Å². The first-order valence-corrected chi connectivity index (χ1v) is 10.0. The first-order chi connectivity index (χ1) is 14.1. The van der Waals surface area contributed by atoms with Crippen molar-refractivity contribution in [2.24, 2.45) is 0 Å². The lowest BCUT2D eigenvalue weighted by atomic mass is 10.1. The number of anilines is 1. The third-order valence-electron chi connectivity index (χ3n) is 4.62. The van der Waals surface area contributed by atoms with Crippen LogP contribution in [0.1, 0.15) is 9.67 Å². The fraction of sp³-hybridized carbons (Fsp3) is 0. The number of carbonyl (C=O) groups excluding carboxylic acids is 1. The Bertz CT molecular complexity index is 1360. The summed E-state index contributed by atoms with van der Waals surface area (Å²) in [5.74, 6) is -0.0515. The van der Waals surface area contributed by atoms with Crippen molar-refractivity contribution in [1.29, 1.82) is 0 Å². The van der Waals surface area contributed by atoms with Gasteiger partial charge in [-0.05, 0) is 42.5 Å². The Morgan fingerprint density at radius 1 is 1.07 bits per heavy atom. The number of H-pyrrole nitrogens is 1. The Balaban J connectivity index is 1.53. The van der Waals surface area contributed by atoms with E-state index in [9.17, 15) is 9.18 Å². The lowest BCUT2D eigenvalue weighted by Gasteiger charge is -2.09. The second-order valence-electron chi connectivity index (χ2n) is 6.49. The minimum Gasteiger partial charge on any atom is -0.338 e. The first kappa shape index (κ1) is 17.8. The molecule has 29 heavy (non-hydrogen) atoms. The number of nitrogens with one attached hydrogen (secondary N) is 2. The average Bonchev–Trinajstić information content (AvgIpc) is 3.29. The summed E-state index contributed by atoms with van der Waals surface area (Å²) in [6, 6.07) is 19.4. The summed E-state index contributed by atoms with van der Waals surface area (Å²) in [6.07, 6.45) is 0. The molecule has 4 nitrogen and oxygen atoms in total. The van der Waals surface area contributed by atoms with E-state index in [2.05, 4.69) is 15.3 Å². The van der Waals surface area contributed by atoms with E-state index in [1.807, 2.05) is 42.5 Å². The SMILES string of the molecule is O=C(Nc1ccccc1-c1nc2ccccc2[nH]1)c1sc2cc(F)ccc2c1Cl. The highest BCUT2D eigenvalue weighted by Crippen LogP contribution is 2.37. The predicted molar refractivity (Wildman–Crippen MR) is 116 cm³/mol. The van der Waals surface area contributed by atoms with Crippen molar-refractivity contribution in [3.05, 3.63) is 82.4 Å². The summed E-state index contributed by atoms with van der Waals surface area (Å²) < 4.78 is 14.1. The van der Waals surface area contributed by atoms with Crippen LogP contribution in [-0.4, -0.2) is 15.9 Å². The molecule has 1 amide bonds. The van der Waals surface area contributed by atoms with Crippen molar-refractivity contribution in [2.75, 3.05) is 5.32 Å². The number of amides is 1. The van der Waals surface area contributed by atoms with Crippen LogP contribution in [0.3, 0.4) is 0 Å². The number of halogens is 2. The molecule has 0 bridgehead atoms. The summed E-state index contributed by atoms with van der Waals surface area (Å²) in [4.78, 5) is 21.2. The Morgan fingerprint density at radius 3 is 2.72 bits per heavy atom. The number of hydrogen-bond acceptors (Lipinski definition) is 3. The highest BCUT2D eigenvalue weighted by atomic mass is 35.5. The van der Waals surface area contributed by atoms with E-state index >= 15 is 0 Å². The molecule has 0 aliphatic carbocycles. The van der Waals surface area contributed by atoms with Crippen molar-refractivity contribution >= 4 is 55.7 Å². The fourth-order valence-electron chi connectivity index (χ4n) is 3.24. The third-order valence-corrected chi connectivity index (χ3v) is 6.27. The largest absolute Gasteiger partial charge is 0.338 e. The van der Waals surface area contributed by atoms with Gasteiger partial charge in [-0.15, -0.1) is 11.3 Å². The number of nitrogens with zero attached hydrogens (tertiary/aromatic N) is 1. The lowest BCUT2D eigenvalue weighted by Crippen LogP contribution is -2.11. The van der Waals surface area contributed by atoms with Gasteiger partial charge in [-0.3, -0.25) is 4.79 Å². The van der Waals surface area contributed by atoms with Crippen molar-refractivity contribution in [3.63, 3.8) is 0 Å². The Hall–Kier alpha value is -3.22. The van der Waals surface area contributed by atoms with E-state index in [-0.39, 0.29) is 11.7 Å². The van der Waals surface area contributed by atoms with Crippen LogP contribution >= 0.6 is 22.9 Å². The van der Waals surface area contributed by atoms with Gasteiger partial charge in [0.1, 0.15) is 16.5 Å². The molecule has 142 valence electrons. The molecule has 0 unspecified atom stereocenters. The molecule has 5 rings (SSSR count). The zero-order chi connectivity index (χ0) is 20.0. The van der Waals surface area contributed by atoms with Crippen LogP contribution in [0.2, 0.25) is 5.02 Å². The minimum absolute atomic E-state index is 0.323. The van der Waals surface area contributed by atoms with E-state index in [4.69, 9.17) is 11.6 Å². The number of aromatic amines is 1. The van der Waals surface area contributed by atoms with E-state index < -0.39 is 0 Å². The van der Waals surface area contributed by atoms with Gasteiger partial charge >= 0.3 is 0 Å². The molecule has 0 aliphatic heterocycles. The van der Waals surface area contributed by atoms with E-state index in [1.54, 1.807) is 12.1 Å². The van der Waals surface area contributed by atoms with Crippen LogP contribution in [0.25, 0.3) is 32.5 Å². The van der Waals surface area contributed by atoms with Crippen LogP contribution in [0, 0.1) is 5.82 Å². The second kappa shape index (κ2) is 6.99. The van der Waals surface area contributed by atoms with Gasteiger partial charge in [0.25, 0.3) is 5.91 Å². The van der Waals surface area contributed by atoms with Gasteiger partial charge in [-0.1, -0.05) is 35.9 Å². The molecule has 0 spiro atoms. The van der Waals surface area contributed by atoms with E-state index in [1.165, 1.54) is 12.1 Å². The van der Waals surface area contributed by atoms with E-state index in [0.717, 1.165) is 27.9 Å². The molecule has 2 aromatic heterocycles. The van der Waals surface area contributed by atoms with Gasteiger partial charge < -0.3 is 10.3 Å². The predicted octanol–water partition coefficient (Wildman–Crippen LogP) is 6.49. The minimum atomic E-state index is -0.363. The maximum absolute atomic E-state index is 13.5. The van der Waals surface area contributed by atoms with Crippen molar-refractivity contribution in [1.82, 2.24) is 9.97 Å². The van der Waals surface area contributed by atoms with Gasteiger partial charge in [-0.25, -0.2) is 9.37 Å². The molecule has 2 heterocycles. The van der Waals surface area contributed by atoms with Crippen LogP contribution in [0.5, 0.6) is 0 Å². The number of hydrogen-bond donors (Lipinski definition) is 2. The molecule has 0 atom stereocenters. The molecule has 0 saturated heterocycles. The van der Waals surface area contributed by atoms with Gasteiger partial charge in [0.05, 0.1) is 21.7 Å². The second-order valence-corrected chi connectivity index (χ2v) is 7.92. The van der Waals surface area contributed by atoms with Crippen molar-refractivity contribution in [3.8, 4) is 11.4 Å². The third kappa shape index (κ3) is 3.16. The number of thiophene rings is 1. The molecule has 0 saturated carbocycles. The number of para-hydroxylation sites is 3. The maximum Gasteiger partial charge on any atom is 0.267 e. The molecule has 0 aliphatic rings. The van der Waals surface area contributed by atoms with Gasteiger partial charge in [-0.2, -0.15) is 0 Å². The van der Waals surface area contributed by atoms with Gasteiger partial charge in [0.15, 0.2) is 0 Å². The van der Waals surface area contributed by atoms with Gasteiger partial charge in [0, 0.05) is 15.6 Å². The van der Waals surface area contributed by atoms with Crippen LogP contribution in [0.4, 0.5) is 10.1 Å². The number of imidazole rings is 1. The molecule has 0 fully saturated rings. The molecule has 7 heteroatoms. The normalized spacial score (nSPS) is 11.2. The Kier molecular flexibility index (Phi) is 4.30. The lowest BCUT2D eigenvalue weighted by molar-refractivity contribution is 0.103. The molecule has 5 aromatic rings. The topological polar surface area (TPSA) is 57.8 Å². The number of aromatic nitrogens is 2. The monoisotopic (exact) mass is 421 g/mol. The van der Waals surface area contributed by atoms with Crippen molar-refractivity contribution < 1.29 is 9.18 Å². The highest BCUT2D eigenvalue weighted by molar-refractivity contribution is 7.21. The van der Waals surface area contributed by atoms with Crippen LogP contribution in [0.15, 0.2) is 66.7 Å². The first-order valence-electron chi connectivity index (χ1n) is 8.83. The van der Waals surface area contributed by atoms with Gasteiger partial charge in [0.2, 0.25) is 0 Å². The quantitative estimate of drug-likeness (QED) is 0.350. The molecular weight excluding hydrogens is 409 g/mol. The molecule has 3 aromatic carbocycles. The van der Waals surface area contributed by atoms with E-state index in [0.29, 0.717) is 31.5 Å². The zero-order valence-corrected chi connectivity index (χ0v) is 16.4. The highest BCUT2D eigenvalue weighted by Gasteiger charge is 2.19. The molecular formula is C22H13ClFN3OS. The summed E-state index contributed by atoms with van der Waals surface area (Å²) in [7, 11) is 0. The Labute approximate surface area is 174 Å². The summed E-state index contributed by atoms with van der Waals surface area (Å²) in [6.45, 7) is 0. The Morgan fingerprint density at radius 2 is 1.86 bits per heavy atom. The summed E-state index contributed by atoms with van der Waals surface area (Å²) in [5.41, 5.74) is 3.13. The summed E-state index contributed by atoms with van der Waals surface area (Å²) in [5, 5.41) is 3.90. The van der Waals surface area contributed by atoms with Crippen LogP contribution in [-0.2, 0) is 0 Å². The average molecular weight is 422 g/mol. The zero-order valence-electron chi connectivity index (χ0n) is 14.9. The number of rotatable bonds is 3. The number of fused-ring (bicyclic) bond motifs is 2. The standard InChI is InChI=1S/C22H13ClFN3OS/c23-19-14-10-9-12(24)11-18(14)29-20(19)22(28)27-15-6-2-1-5-13(15)21-25-16-7-3-4-8-17(16)26-21/h1-11H,(H,25,26)(H,27,28). The molecule has 0 radical (unpaired) electrons. The number of benzene rings is 3. The van der Waals surface area contributed by atoms with Crippen molar-refractivity contribution in [2.45, 2.75) is 0 Å². The number of carbonyl (C=O) groups is 1. The smallest absolute Gasteiger partial charge is 0.267 e.